The van der Waals surface area contributed by atoms with E-state index >= 15 is 4.39 Å². The normalized spacial score (nSPS) is 17.9. The molecule has 10 heteroatoms. The van der Waals surface area contributed by atoms with Crippen LogP contribution >= 0.6 is 11.6 Å². The van der Waals surface area contributed by atoms with Crippen LogP contribution in [0.1, 0.15) is 51.1 Å². The van der Waals surface area contributed by atoms with E-state index < -0.39 is 5.82 Å². The number of benzene rings is 1. The Balaban J connectivity index is 1.57. The number of hydrogen-bond donors (Lipinski definition) is 2. The molecule has 36 heavy (non-hydrogen) atoms. The molecule has 2 heterocycles. The third-order valence-electron chi connectivity index (χ3n) is 6.68. The summed E-state index contributed by atoms with van der Waals surface area (Å²) < 4.78 is 16.7. The maximum atomic E-state index is 15.0. The molecule has 3 aromatic rings. The highest BCUT2D eigenvalue weighted by Gasteiger charge is 2.29. The Morgan fingerprint density at radius 3 is 2.67 bits per heavy atom. The van der Waals surface area contributed by atoms with E-state index in [2.05, 4.69) is 20.7 Å². The number of amides is 3. The van der Waals surface area contributed by atoms with Crippen LogP contribution in [0.2, 0.25) is 5.02 Å². The lowest BCUT2D eigenvalue weighted by Gasteiger charge is -2.29. The van der Waals surface area contributed by atoms with Crippen LogP contribution in [0.3, 0.4) is 0 Å². The van der Waals surface area contributed by atoms with Gasteiger partial charge in [0, 0.05) is 55.9 Å². The lowest BCUT2D eigenvalue weighted by Crippen LogP contribution is -2.45. The Labute approximate surface area is 215 Å². The second-order valence-corrected chi connectivity index (χ2v) is 10.4. The first kappa shape index (κ1) is 25.9. The Morgan fingerprint density at radius 1 is 1.22 bits per heavy atom. The summed E-state index contributed by atoms with van der Waals surface area (Å²) in [7, 11) is 5.19. The number of carbonyl (C=O) groups is 2. The zero-order valence-electron chi connectivity index (χ0n) is 21.2. The van der Waals surface area contributed by atoms with Crippen LogP contribution < -0.4 is 10.6 Å². The molecule has 1 aliphatic rings. The van der Waals surface area contributed by atoms with Gasteiger partial charge < -0.3 is 15.5 Å². The van der Waals surface area contributed by atoms with E-state index in [1.807, 2.05) is 27.0 Å². The molecule has 0 bridgehead atoms. The molecule has 4 rings (SSSR count). The standard InChI is InChI=1S/C26H32ClFN6O2/c1-14(2)24-19-10-16(11-21(28)23(19)32-34(24)5)18-12-22(29-13-20(18)27)31-25(35)15-7-6-8-17(9-15)30-26(36)33(3)4/h10-15,17H,6-9H2,1-5H3,(H,30,36)(H,29,31,35)/t15-,17+/m0/s1. The van der Waals surface area contributed by atoms with Crippen LogP contribution in [0.15, 0.2) is 24.4 Å². The van der Waals surface area contributed by atoms with E-state index in [0.717, 1.165) is 30.3 Å². The van der Waals surface area contributed by atoms with Crippen LogP contribution in [0.4, 0.5) is 15.0 Å². The average Bonchev–Trinajstić information content (AvgIpc) is 3.17. The van der Waals surface area contributed by atoms with Gasteiger partial charge in [-0.2, -0.15) is 5.10 Å². The summed E-state index contributed by atoms with van der Waals surface area (Å²) in [6.07, 6.45) is 4.45. The quantitative estimate of drug-likeness (QED) is 0.482. The summed E-state index contributed by atoms with van der Waals surface area (Å²) in [6.45, 7) is 4.08. The minimum Gasteiger partial charge on any atom is -0.335 e. The van der Waals surface area contributed by atoms with Crippen LogP contribution in [-0.2, 0) is 11.8 Å². The Bertz CT molecular complexity index is 1310. The summed E-state index contributed by atoms with van der Waals surface area (Å²) in [5.41, 5.74) is 2.40. The molecule has 2 atom stereocenters. The van der Waals surface area contributed by atoms with Gasteiger partial charge in [0.05, 0.1) is 5.02 Å². The monoisotopic (exact) mass is 514 g/mol. The average molecular weight is 515 g/mol. The van der Waals surface area contributed by atoms with Gasteiger partial charge in [0.2, 0.25) is 5.91 Å². The van der Waals surface area contributed by atoms with Gasteiger partial charge in [-0.1, -0.05) is 31.9 Å². The van der Waals surface area contributed by atoms with Crippen molar-refractivity contribution in [3.05, 3.63) is 40.9 Å². The van der Waals surface area contributed by atoms with Crippen molar-refractivity contribution >= 4 is 40.3 Å². The number of fused-ring (bicyclic) bond motifs is 1. The topological polar surface area (TPSA) is 92.2 Å². The second-order valence-electron chi connectivity index (χ2n) is 9.96. The van der Waals surface area contributed by atoms with E-state index in [1.54, 1.807) is 24.8 Å². The molecular formula is C26H32ClFN6O2. The van der Waals surface area contributed by atoms with Gasteiger partial charge in [0.1, 0.15) is 11.3 Å². The highest BCUT2D eigenvalue weighted by Crippen LogP contribution is 2.35. The minimum atomic E-state index is -0.434. The van der Waals surface area contributed by atoms with Crippen molar-refractivity contribution in [1.82, 2.24) is 25.0 Å². The fourth-order valence-electron chi connectivity index (χ4n) is 4.93. The third-order valence-corrected chi connectivity index (χ3v) is 6.98. The van der Waals surface area contributed by atoms with Crippen LogP contribution in [0, 0.1) is 11.7 Å². The fraction of sp³-hybridized carbons (Fsp3) is 0.462. The molecule has 1 saturated carbocycles. The first-order valence-electron chi connectivity index (χ1n) is 12.2. The number of aromatic nitrogens is 3. The predicted molar refractivity (Wildman–Crippen MR) is 140 cm³/mol. The van der Waals surface area contributed by atoms with E-state index in [0.29, 0.717) is 33.9 Å². The number of hydrogen-bond acceptors (Lipinski definition) is 4. The molecule has 1 fully saturated rings. The van der Waals surface area contributed by atoms with Gasteiger partial charge >= 0.3 is 6.03 Å². The Kier molecular flexibility index (Phi) is 7.49. The van der Waals surface area contributed by atoms with Crippen molar-refractivity contribution in [1.29, 1.82) is 0 Å². The number of nitrogens with zero attached hydrogens (tertiary/aromatic N) is 4. The predicted octanol–water partition coefficient (Wildman–Crippen LogP) is 5.32. The number of carbonyl (C=O) groups excluding carboxylic acids is 2. The summed E-state index contributed by atoms with van der Waals surface area (Å²) >= 11 is 6.46. The number of pyridine rings is 1. The molecule has 1 aliphatic carbocycles. The van der Waals surface area contributed by atoms with Crippen molar-refractivity contribution in [3.63, 3.8) is 0 Å². The summed E-state index contributed by atoms with van der Waals surface area (Å²) in [5, 5.41) is 11.3. The number of nitrogens with one attached hydrogen (secondary N) is 2. The van der Waals surface area contributed by atoms with Crippen LogP contribution in [-0.4, -0.2) is 51.7 Å². The number of anilines is 1. The van der Waals surface area contributed by atoms with Crippen molar-refractivity contribution in [2.45, 2.75) is 51.5 Å². The molecule has 0 saturated heterocycles. The molecule has 1 aromatic carbocycles. The third kappa shape index (κ3) is 5.31. The minimum absolute atomic E-state index is 0.0533. The SMILES string of the molecule is CC(C)c1c2cc(-c3cc(NC(=O)[C@H]4CCC[C@@H](NC(=O)N(C)C)C4)ncc3Cl)cc(F)c2nn1C. The second kappa shape index (κ2) is 10.4. The van der Waals surface area contributed by atoms with Crippen LogP contribution in [0.25, 0.3) is 22.0 Å². The van der Waals surface area contributed by atoms with Gasteiger partial charge in [-0.15, -0.1) is 0 Å². The maximum absolute atomic E-state index is 15.0. The summed E-state index contributed by atoms with van der Waals surface area (Å²) in [6, 6.07) is 4.74. The number of halogens is 2. The van der Waals surface area contributed by atoms with E-state index in [4.69, 9.17) is 11.6 Å². The van der Waals surface area contributed by atoms with Crippen molar-refractivity contribution in [2.75, 3.05) is 19.4 Å². The summed E-state index contributed by atoms with van der Waals surface area (Å²) in [5.74, 6) is -0.342. The molecule has 2 aromatic heterocycles. The highest BCUT2D eigenvalue weighted by molar-refractivity contribution is 6.33. The molecule has 0 aliphatic heterocycles. The van der Waals surface area contributed by atoms with E-state index in [9.17, 15) is 9.59 Å². The molecule has 0 unspecified atom stereocenters. The zero-order valence-corrected chi connectivity index (χ0v) is 22.0. The Hall–Kier alpha value is -3.20. The Morgan fingerprint density at radius 2 is 1.97 bits per heavy atom. The van der Waals surface area contributed by atoms with Crippen molar-refractivity contribution in [3.8, 4) is 11.1 Å². The smallest absolute Gasteiger partial charge is 0.317 e. The lowest BCUT2D eigenvalue weighted by molar-refractivity contribution is -0.121. The first-order chi connectivity index (χ1) is 17.0. The van der Waals surface area contributed by atoms with Crippen LogP contribution in [0.5, 0.6) is 0 Å². The largest absolute Gasteiger partial charge is 0.335 e. The number of urea groups is 1. The number of aryl methyl sites for hydroxylation is 1. The number of rotatable bonds is 5. The van der Waals surface area contributed by atoms with E-state index in [1.165, 1.54) is 17.2 Å². The highest BCUT2D eigenvalue weighted by atomic mass is 35.5. The molecule has 2 N–H and O–H groups in total. The van der Waals surface area contributed by atoms with Crippen molar-refractivity contribution < 1.29 is 14.0 Å². The zero-order chi connectivity index (χ0) is 26.1. The van der Waals surface area contributed by atoms with E-state index in [-0.39, 0.29) is 29.8 Å². The van der Waals surface area contributed by atoms with Gasteiger partial charge in [-0.25, -0.2) is 14.2 Å². The molecule has 0 radical (unpaired) electrons. The van der Waals surface area contributed by atoms with Gasteiger partial charge in [-0.05, 0) is 48.9 Å². The molecule has 192 valence electrons. The first-order valence-corrected chi connectivity index (χ1v) is 12.5. The van der Waals surface area contributed by atoms with Gasteiger partial charge in [0.25, 0.3) is 0 Å². The molecule has 0 spiro atoms. The fourth-order valence-corrected chi connectivity index (χ4v) is 5.15. The lowest BCUT2D eigenvalue weighted by atomic mass is 9.85. The van der Waals surface area contributed by atoms with Gasteiger partial charge in [0.15, 0.2) is 5.82 Å². The molecule has 8 nitrogen and oxygen atoms in total. The van der Waals surface area contributed by atoms with Crippen molar-refractivity contribution in [2.24, 2.45) is 13.0 Å². The molecule has 3 amide bonds. The summed E-state index contributed by atoms with van der Waals surface area (Å²) in [4.78, 5) is 30.8. The molecular weight excluding hydrogens is 483 g/mol. The maximum Gasteiger partial charge on any atom is 0.317 e. The van der Waals surface area contributed by atoms with Gasteiger partial charge in [-0.3, -0.25) is 9.48 Å².